The second-order valence-corrected chi connectivity index (χ2v) is 8.29. The predicted molar refractivity (Wildman–Crippen MR) is 106 cm³/mol. The summed E-state index contributed by atoms with van der Waals surface area (Å²) in [6, 6.07) is 22.5. The fraction of sp³-hybridized carbons (Fsp3) is 0.182. The number of sulfonamides is 1. The quantitative estimate of drug-likeness (QED) is 0.637. The normalized spacial score (nSPS) is 12.7. The van der Waals surface area contributed by atoms with Gasteiger partial charge < -0.3 is 0 Å². The van der Waals surface area contributed by atoms with Gasteiger partial charge in [0.15, 0.2) is 0 Å². The zero-order valence-electron chi connectivity index (χ0n) is 15.1. The van der Waals surface area contributed by atoms with Gasteiger partial charge in [0.2, 0.25) is 10.0 Å². The van der Waals surface area contributed by atoms with Crippen LogP contribution in [0.15, 0.2) is 83.8 Å². The molecule has 0 saturated heterocycles. The lowest BCUT2D eigenvalue weighted by atomic mass is 10.1. The Morgan fingerprint density at radius 2 is 1.41 bits per heavy atom. The summed E-state index contributed by atoms with van der Waals surface area (Å²) in [4.78, 5) is 0.222. The van der Waals surface area contributed by atoms with Crippen LogP contribution in [0, 0.1) is 5.82 Å². The molecule has 3 rings (SSSR count). The average molecular weight is 383 g/mol. The molecule has 0 bridgehead atoms. The van der Waals surface area contributed by atoms with Crippen LogP contribution < -0.4 is 4.72 Å². The standard InChI is InChI=1S/C22H22FNO2S/c1-17(7-8-18-5-3-2-4-6-18)24-27(25,26)22-15-11-20(12-16-22)19-9-13-21(23)14-10-19/h2-6,9-17,24H,7-8H2,1H3. The first kappa shape index (κ1) is 19.3. The first-order valence-corrected chi connectivity index (χ1v) is 10.3. The fourth-order valence-electron chi connectivity index (χ4n) is 2.89. The van der Waals surface area contributed by atoms with Crippen LogP contribution in [0.1, 0.15) is 18.9 Å². The van der Waals surface area contributed by atoms with Crippen molar-refractivity contribution in [1.82, 2.24) is 4.72 Å². The molecule has 0 saturated carbocycles. The molecule has 1 N–H and O–H groups in total. The Morgan fingerprint density at radius 3 is 2.00 bits per heavy atom. The number of halogens is 1. The van der Waals surface area contributed by atoms with E-state index in [2.05, 4.69) is 4.72 Å². The lowest BCUT2D eigenvalue weighted by Gasteiger charge is -2.14. The van der Waals surface area contributed by atoms with Gasteiger partial charge in [-0.1, -0.05) is 54.6 Å². The maximum Gasteiger partial charge on any atom is 0.240 e. The van der Waals surface area contributed by atoms with Crippen LogP contribution in [-0.4, -0.2) is 14.5 Å². The van der Waals surface area contributed by atoms with Crippen LogP contribution in [0.4, 0.5) is 4.39 Å². The van der Waals surface area contributed by atoms with Crippen molar-refractivity contribution in [2.75, 3.05) is 0 Å². The van der Waals surface area contributed by atoms with E-state index < -0.39 is 10.0 Å². The lowest BCUT2D eigenvalue weighted by Crippen LogP contribution is -2.32. The first-order chi connectivity index (χ1) is 12.9. The first-order valence-electron chi connectivity index (χ1n) is 8.86. The molecule has 27 heavy (non-hydrogen) atoms. The third kappa shape index (κ3) is 5.25. The molecule has 0 aliphatic heterocycles. The highest BCUT2D eigenvalue weighted by Gasteiger charge is 2.17. The van der Waals surface area contributed by atoms with E-state index in [1.807, 2.05) is 37.3 Å². The topological polar surface area (TPSA) is 46.2 Å². The molecule has 0 spiro atoms. The number of hydrogen-bond acceptors (Lipinski definition) is 2. The molecule has 140 valence electrons. The summed E-state index contributed by atoms with van der Waals surface area (Å²) in [6.45, 7) is 1.87. The summed E-state index contributed by atoms with van der Waals surface area (Å²) < 4.78 is 40.9. The summed E-state index contributed by atoms with van der Waals surface area (Å²) in [7, 11) is -3.58. The molecular formula is C22H22FNO2S. The minimum atomic E-state index is -3.58. The molecule has 3 aromatic rings. The highest BCUT2D eigenvalue weighted by Crippen LogP contribution is 2.22. The largest absolute Gasteiger partial charge is 0.240 e. The van der Waals surface area contributed by atoms with E-state index >= 15 is 0 Å². The van der Waals surface area contributed by atoms with Gasteiger partial charge in [-0.05, 0) is 60.7 Å². The fourth-order valence-corrected chi connectivity index (χ4v) is 4.17. The third-order valence-electron chi connectivity index (χ3n) is 4.41. The van der Waals surface area contributed by atoms with Crippen molar-refractivity contribution in [1.29, 1.82) is 0 Å². The van der Waals surface area contributed by atoms with Crippen molar-refractivity contribution in [3.8, 4) is 11.1 Å². The lowest BCUT2D eigenvalue weighted by molar-refractivity contribution is 0.547. The van der Waals surface area contributed by atoms with Crippen molar-refractivity contribution in [3.05, 3.63) is 90.2 Å². The molecular weight excluding hydrogens is 361 g/mol. The number of rotatable bonds is 7. The van der Waals surface area contributed by atoms with E-state index in [1.165, 1.54) is 17.7 Å². The Balaban J connectivity index is 1.64. The summed E-state index contributed by atoms with van der Waals surface area (Å²) in [5.74, 6) is -0.299. The molecule has 0 heterocycles. The van der Waals surface area contributed by atoms with Crippen molar-refractivity contribution >= 4 is 10.0 Å². The van der Waals surface area contributed by atoms with Crippen LogP contribution in [-0.2, 0) is 16.4 Å². The van der Waals surface area contributed by atoms with E-state index in [-0.39, 0.29) is 16.8 Å². The Bertz CT molecular complexity index is 969. The van der Waals surface area contributed by atoms with Crippen LogP contribution >= 0.6 is 0 Å². The second kappa shape index (κ2) is 8.46. The van der Waals surface area contributed by atoms with Gasteiger partial charge in [0, 0.05) is 6.04 Å². The molecule has 1 atom stereocenters. The van der Waals surface area contributed by atoms with Crippen molar-refractivity contribution in [2.24, 2.45) is 0 Å². The summed E-state index contributed by atoms with van der Waals surface area (Å²) in [6.07, 6.45) is 1.53. The average Bonchev–Trinajstić information content (AvgIpc) is 2.68. The third-order valence-corrected chi connectivity index (χ3v) is 6.01. The minimum absolute atomic E-state index is 0.174. The Kier molecular flexibility index (Phi) is 6.04. The highest BCUT2D eigenvalue weighted by atomic mass is 32.2. The summed E-state index contributed by atoms with van der Waals surface area (Å²) in [5, 5.41) is 0. The highest BCUT2D eigenvalue weighted by molar-refractivity contribution is 7.89. The smallest absolute Gasteiger partial charge is 0.208 e. The van der Waals surface area contributed by atoms with Crippen LogP contribution in [0.25, 0.3) is 11.1 Å². The maximum absolute atomic E-state index is 13.0. The molecule has 3 aromatic carbocycles. The summed E-state index contributed by atoms with van der Waals surface area (Å²) in [5.41, 5.74) is 2.86. The Morgan fingerprint density at radius 1 is 0.852 bits per heavy atom. The molecule has 3 nitrogen and oxygen atoms in total. The van der Waals surface area contributed by atoms with Crippen LogP contribution in [0.5, 0.6) is 0 Å². The molecule has 0 aromatic heterocycles. The number of hydrogen-bond donors (Lipinski definition) is 1. The molecule has 0 aliphatic rings. The van der Waals surface area contributed by atoms with Gasteiger partial charge >= 0.3 is 0 Å². The Labute approximate surface area is 159 Å². The van der Waals surface area contributed by atoms with Gasteiger partial charge in [-0.3, -0.25) is 0 Å². The van der Waals surface area contributed by atoms with E-state index in [4.69, 9.17) is 0 Å². The zero-order valence-corrected chi connectivity index (χ0v) is 15.9. The van der Waals surface area contributed by atoms with Crippen molar-refractivity contribution in [2.45, 2.75) is 30.7 Å². The zero-order chi connectivity index (χ0) is 19.3. The van der Waals surface area contributed by atoms with Crippen LogP contribution in [0.2, 0.25) is 0 Å². The van der Waals surface area contributed by atoms with Gasteiger partial charge in [-0.25, -0.2) is 17.5 Å². The molecule has 0 fully saturated rings. The SMILES string of the molecule is CC(CCc1ccccc1)NS(=O)(=O)c1ccc(-c2ccc(F)cc2)cc1. The van der Waals surface area contributed by atoms with Crippen molar-refractivity contribution in [3.63, 3.8) is 0 Å². The molecule has 0 amide bonds. The molecule has 0 aliphatic carbocycles. The van der Waals surface area contributed by atoms with E-state index in [0.29, 0.717) is 0 Å². The van der Waals surface area contributed by atoms with Gasteiger partial charge in [0.1, 0.15) is 5.82 Å². The van der Waals surface area contributed by atoms with Gasteiger partial charge in [-0.2, -0.15) is 0 Å². The maximum atomic E-state index is 13.0. The van der Waals surface area contributed by atoms with Gasteiger partial charge in [0.05, 0.1) is 4.90 Å². The van der Waals surface area contributed by atoms with E-state index in [9.17, 15) is 12.8 Å². The van der Waals surface area contributed by atoms with Crippen molar-refractivity contribution < 1.29 is 12.8 Å². The van der Waals surface area contributed by atoms with E-state index in [0.717, 1.165) is 24.0 Å². The number of nitrogens with one attached hydrogen (secondary N) is 1. The molecule has 0 radical (unpaired) electrons. The monoisotopic (exact) mass is 383 g/mol. The predicted octanol–water partition coefficient (Wildman–Crippen LogP) is 4.79. The Hall–Kier alpha value is -2.50. The molecule has 1 unspecified atom stereocenters. The van der Waals surface area contributed by atoms with Gasteiger partial charge in [0.25, 0.3) is 0 Å². The van der Waals surface area contributed by atoms with E-state index in [1.54, 1.807) is 36.4 Å². The van der Waals surface area contributed by atoms with Gasteiger partial charge in [-0.15, -0.1) is 0 Å². The second-order valence-electron chi connectivity index (χ2n) is 6.58. The number of aryl methyl sites for hydroxylation is 1. The van der Waals surface area contributed by atoms with Crippen LogP contribution in [0.3, 0.4) is 0 Å². The molecule has 5 heteroatoms. The number of benzene rings is 3. The minimum Gasteiger partial charge on any atom is -0.208 e. The summed E-state index contributed by atoms with van der Waals surface area (Å²) >= 11 is 0.